The number of nitrogens with zero attached hydrogens (tertiary/aromatic N) is 2. The number of aromatic amines is 1. The van der Waals surface area contributed by atoms with Crippen LogP contribution in [0.15, 0.2) is 30.5 Å². The molecule has 5 nitrogen and oxygen atoms in total. The summed E-state index contributed by atoms with van der Waals surface area (Å²) in [6.07, 6.45) is 2.58. The number of nitrogens with one attached hydrogen (secondary N) is 2. The van der Waals surface area contributed by atoms with Gasteiger partial charge in [-0.3, -0.25) is 10.00 Å². The summed E-state index contributed by atoms with van der Waals surface area (Å²) in [5, 5.41) is 21.0. The van der Waals surface area contributed by atoms with Crippen LogP contribution in [0, 0.1) is 0 Å². The summed E-state index contributed by atoms with van der Waals surface area (Å²) in [7, 11) is 0. The molecule has 0 aliphatic carbocycles. The third kappa shape index (κ3) is 4.69. The minimum absolute atomic E-state index is 0.0489. The van der Waals surface area contributed by atoms with Crippen LogP contribution in [0.1, 0.15) is 43.2 Å². The summed E-state index contributed by atoms with van der Waals surface area (Å²) in [4.78, 5) is 2.34. The Balaban J connectivity index is 1.45. The van der Waals surface area contributed by atoms with Crippen LogP contribution in [-0.2, 0) is 24.9 Å². The molecule has 0 spiro atoms. The van der Waals surface area contributed by atoms with Crippen molar-refractivity contribution < 1.29 is 5.11 Å². The number of H-pyrrole nitrogens is 1. The van der Waals surface area contributed by atoms with E-state index >= 15 is 0 Å². The summed E-state index contributed by atoms with van der Waals surface area (Å²) in [5.74, 6) is 0. The topological polar surface area (TPSA) is 64.2 Å². The van der Waals surface area contributed by atoms with Gasteiger partial charge in [-0.25, -0.2) is 0 Å². The van der Waals surface area contributed by atoms with Crippen molar-refractivity contribution in [1.29, 1.82) is 0 Å². The lowest BCUT2D eigenvalue weighted by Gasteiger charge is -2.30. The third-order valence-electron chi connectivity index (χ3n) is 4.84. The van der Waals surface area contributed by atoms with E-state index in [1.54, 1.807) is 0 Å². The van der Waals surface area contributed by atoms with Gasteiger partial charge in [0.25, 0.3) is 0 Å². The first-order valence-corrected chi connectivity index (χ1v) is 9.14. The van der Waals surface area contributed by atoms with Crippen LogP contribution in [0.5, 0.6) is 0 Å². The number of fused-ring (bicyclic) bond motifs is 1. The lowest BCUT2D eigenvalue weighted by Crippen LogP contribution is -2.40. The lowest BCUT2D eigenvalue weighted by molar-refractivity contribution is 0.104. The standard InChI is InChI=1S/C20H30N4O/c1-20(2,3)19-17(11-22-23-19)10-21-12-18(25)14-24-9-8-15-6-4-5-7-16(15)13-24/h4-7,11,18,21,25H,8-10,12-14H2,1-3H3,(H,22,23). The van der Waals surface area contributed by atoms with E-state index in [1.807, 2.05) is 6.20 Å². The molecule has 0 saturated carbocycles. The fourth-order valence-corrected chi connectivity index (χ4v) is 3.54. The Morgan fingerprint density at radius 1 is 1.28 bits per heavy atom. The maximum atomic E-state index is 10.4. The van der Waals surface area contributed by atoms with Gasteiger partial charge in [0.2, 0.25) is 0 Å². The molecule has 0 radical (unpaired) electrons. The van der Waals surface area contributed by atoms with Gasteiger partial charge in [0.15, 0.2) is 0 Å². The van der Waals surface area contributed by atoms with Crippen LogP contribution in [0.25, 0.3) is 0 Å². The lowest BCUT2D eigenvalue weighted by atomic mass is 9.89. The zero-order chi connectivity index (χ0) is 17.9. The fourth-order valence-electron chi connectivity index (χ4n) is 3.54. The van der Waals surface area contributed by atoms with Gasteiger partial charge in [-0.15, -0.1) is 0 Å². The Morgan fingerprint density at radius 2 is 2.04 bits per heavy atom. The number of aliphatic hydroxyl groups excluding tert-OH is 1. The Kier molecular flexibility index (Phi) is 5.57. The summed E-state index contributed by atoms with van der Waals surface area (Å²) in [6.45, 7) is 10.5. The van der Waals surface area contributed by atoms with Crippen molar-refractivity contribution in [3.05, 3.63) is 52.8 Å². The molecule has 2 aromatic rings. The Bertz CT molecular complexity index is 689. The number of rotatable bonds is 6. The van der Waals surface area contributed by atoms with Crippen LogP contribution in [0.2, 0.25) is 0 Å². The average molecular weight is 342 g/mol. The first-order chi connectivity index (χ1) is 11.9. The van der Waals surface area contributed by atoms with E-state index in [-0.39, 0.29) is 11.5 Å². The van der Waals surface area contributed by atoms with Gasteiger partial charge in [0.05, 0.1) is 12.3 Å². The monoisotopic (exact) mass is 342 g/mol. The molecular weight excluding hydrogens is 312 g/mol. The van der Waals surface area contributed by atoms with Gasteiger partial charge in [-0.05, 0) is 17.5 Å². The summed E-state index contributed by atoms with van der Waals surface area (Å²) < 4.78 is 0. The van der Waals surface area contributed by atoms with Gasteiger partial charge in [0.1, 0.15) is 0 Å². The maximum Gasteiger partial charge on any atom is 0.0791 e. The second-order valence-electron chi connectivity index (χ2n) is 8.06. The molecule has 1 atom stereocenters. The normalized spacial score (nSPS) is 16.6. The van der Waals surface area contributed by atoms with Crippen molar-refractivity contribution in [3.8, 4) is 0 Å². The average Bonchev–Trinajstić information content (AvgIpc) is 3.03. The minimum Gasteiger partial charge on any atom is -0.390 e. The summed E-state index contributed by atoms with van der Waals surface area (Å²) >= 11 is 0. The highest BCUT2D eigenvalue weighted by atomic mass is 16.3. The molecule has 136 valence electrons. The molecule has 1 aliphatic rings. The van der Waals surface area contributed by atoms with Gasteiger partial charge >= 0.3 is 0 Å². The number of aliphatic hydroxyl groups is 1. The Morgan fingerprint density at radius 3 is 2.80 bits per heavy atom. The number of β-amino-alcohol motifs (C(OH)–C–C–N with tert-alkyl or cyclic N) is 1. The summed E-state index contributed by atoms with van der Waals surface area (Å²) in [5.41, 5.74) is 5.21. The van der Waals surface area contributed by atoms with E-state index in [4.69, 9.17) is 0 Å². The molecule has 2 heterocycles. The molecular formula is C20H30N4O. The van der Waals surface area contributed by atoms with Crippen molar-refractivity contribution in [2.45, 2.75) is 51.8 Å². The van der Waals surface area contributed by atoms with E-state index < -0.39 is 0 Å². The molecule has 0 amide bonds. The smallest absolute Gasteiger partial charge is 0.0791 e. The van der Waals surface area contributed by atoms with Crippen molar-refractivity contribution in [3.63, 3.8) is 0 Å². The largest absolute Gasteiger partial charge is 0.390 e. The van der Waals surface area contributed by atoms with Crippen LogP contribution in [-0.4, -0.2) is 45.9 Å². The number of hydrogen-bond donors (Lipinski definition) is 3. The Labute approximate surface area is 150 Å². The van der Waals surface area contributed by atoms with Gasteiger partial charge in [0, 0.05) is 49.4 Å². The maximum absolute atomic E-state index is 10.4. The molecule has 0 saturated heterocycles. The zero-order valence-corrected chi connectivity index (χ0v) is 15.5. The molecule has 1 unspecified atom stereocenters. The second-order valence-corrected chi connectivity index (χ2v) is 8.06. The first-order valence-electron chi connectivity index (χ1n) is 9.14. The number of hydrogen-bond acceptors (Lipinski definition) is 4. The number of benzene rings is 1. The van der Waals surface area contributed by atoms with Crippen molar-refractivity contribution in [2.24, 2.45) is 0 Å². The van der Waals surface area contributed by atoms with Gasteiger partial charge in [-0.2, -0.15) is 5.10 Å². The molecule has 3 N–H and O–H groups in total. The van der Waals surface area contributed by atoms with E-state index in [0.717, 1.165) is 31.7 Å². The quantitative estimate of drug-likeness (QED) is 0.753. The predicted molar refractivity (Wildman–Crippen MR) is 100 cm³/mol. The predicted octanol–water partition coefficient (Wildman–Crippen LogP) is 2.22. The molecule has 1 aromatic heterocycles. The molecule has 5 heteroatoms. The fraction of sp³-hybridized carbons (Fsp3) is 0.550. The number of aromatic nitrogens is 2. The van der Waals surface area contributed by atoms with Crippen LogP contribution in [0.4, 0.5) is 0 Å². The molecule has 3 rings (SSSR count). The van der Waals surface area contributed by atoms with Gasteiger partial charge in [-0.1, -0.05) is 45.0 Å². The highest BCUT2D eigenvalue weighted by Gasteiger charge is 2.21. The first kappa shape index (κ1) is 18.1. The molecule has 25 heavy (non-hydrogen) atoms. The van der Waals surface area contributed by atoms with E-state index in [1.165, 1.54) is 16.7 Å². The summed E-state index contributed by atoms with van der Waals surface area (Å²) in [6, 6.07) is 8.61. The van der Waals surface area contributed by atoms with Crippen molar-refractivity contribution in [1.82, 2.24) is 20.4 Å². The highest BCUT2D eigenvalue weighted by molar-refractivity contribution is 5.29. The van der Waals surface area contributed by atoms with Crippen molar-refractivity contribution in [2.75, 3.05) is 19.6 Å². The third-order valence-corrected chi connectivity index (χ3v) is 4.84. The van der Waals surface area contributed by atoms with Crippen LogP contribution in [0.3, 0.4) is 0 Å². The zero-order valence-electron chi connectivity index (χ0n) is 15.5. The molecule has 1 aromatic carbocycles. The van der Waals surface area contributed by atoms with Crippen LogP contribution >= 0.6 is 0 Å². The Hall–Kier alpha value is -1.69. The van der Waals surface area contributed by atoms with E-state index in [2.05, 4.69) is 65.5 Å². The van der Waals surface area contributed by atoms with E-state index in [0.29, 0.717) is 13.1 Å². The molecule has 0 bridgehead atoms. The SMILES string of the molecule is CC(C)(C)c1[nH]ncc1CNCC(O)CN1CCc2ccccc2C1. The van der Waals surface area contributed by atoms with E-state index in [9.17, 15) is 5.11 Å². The van der Waals surface area contributed by atoms with Gasteiger partial charge < -0.3 is 10.4 Å². The highest BCUT2D eigenvalue weighted by Crippen LogP contribution is 2.23. The second kappa shape index (κ2) is 7.68. The molecule has 1 aliphatic heterocycles. The van der Waals surface area contributed by atoms with Crippen molar-refractivity contribution >= 4 is 0 Å². The minimum atomic E-state index is -0.366. The molecule has 0 fully saturated rings. The van der Waals surface area contributed by atoms with Crippen LogP contribution < -0.4 is 5.32 Å².